The third-order valence-electron chi connectivity index (χ3n) is 9.35. The molecule has 10 heteroatoms. The lowest BCUT2D eigenvalue weighted by Crippen LogP contribution is -2.56. The van der Waals surface area contributed by atoms with Crippen molar-refractivity contribution in [3.05, 3.63) is 61.2 Å². The lowest BCUT2D eigenvalue weighted by atomic mass is 9.70. The van der Waals surface area contributed by atoms with Gasteiger partial charge in [-0.05, 0) is 51.0 Å². The largest absolute Gasteiger partial charge is 0.455 e. The third kappa shape index (κ3) is 7.17. The Hall–Kier alpha value is -3.50. The average molecular weight is 624 g/mol. The Balaban J connectivity index is 1.64. The monoisotopic (exact) mass is 623 g/mol. The minimum absolute atomic E-state index is 0.0228. The molecule has 0 saturated carbocycles. The molecule has 3 aliphatic heterocycles. The van der Waals surface area contributed by atoms with E-state index in [0.717, 1.165) is 12.8 Å². The van der Waals surface area contributed by atoms with Crippen molar-refractivity contribution in [3.63, 3.8) is 0 Å². The number of likely N-dealkylation sites (tertiary alicyclic amines) is 1. The van der Waals surface area contributed by atoms with Crippen molar-refractivity contribution in [2.45, 2.75) is 95.1 Å². The van der Waals surface area contributed by atoms with E-state index in [4.69, 9.17) is 9.47 Å². The highest BCUT2D eigenvalue weighted by Gasteiger charge is 2.75. The number of allylic oxidation sites excluding steroid dienone is 1. The summed E-state index contributed by atoms with van der Waals surface area (Å²) in [6.45, 7) is 12.5. The lowest BCUT2D eigenvalue weighted by Gasteiger charge is -2.37. The van der Waals surface area contributed by atoms with Crippen LogP contribution >= 0.6 is 0 Å². The van der Waals surface area contributed by atoms with Crippen LogP contribution in [0.4, 0.5) is 0 Å². The molecule has 3 amide bonds. The topological polar surface area (TPSA) is 125 Å². The second-order valence-electron chi connectivity index (χ2n) is 12.4. The zero-order chi connectivity index (χ0) is 32.6. The summed E-state index contributed by atoms with van der Waals surface area (Å²) >= 11 is 0. The molecule has 4 rings (SSSR count). The summed E-state index contributed by atoms with van der Waals surface area (Å²) in [5, 5.41) is 12.4. The number of aliphatic hydroxyl groups is 1. The van der Waals surface area contributed by atoms with Crippen molar-refractivity contribution in [2.24, 2.45) is 11.8 Å². The van der Waals surface area contributed by atoms with Gasteiger partial charge >= 0.3 is 5.97 Å². The minimum Gasteiger partial charge on any atom is -0.455 e. The van der Waals surface area contributed by atoms with Crippen molar-refractivity contribution in [1.82, 2.24) is 15.1 Å². The number of rotatable bonds is 18. The van der Waals surface area contributed by atoms with E-state index in [9.17, 15) is 24.3 Å². The molecule has 2 bridgehead atoms. The van der Waals surface area contributed by atoms with Gasteiger partial charge in [-0.25, -0.2) is 0 Å². The maximum Gasteiger partial charge on any atom is 0.313 e. The van der Waals surface area contributed by atoms with Crippen molar-refractivity contribution in [2.75, 3.05) is 26.2 Å². The van der Waals surface area contributed by atoms with Gasteiger partial charge in [-0.3, -0.25) is 19.2 Å². The van der Waals surface area contributed by atoms with E-state index in [-0.39, 0.29) is 37.3 Å². The summed E-state index contributed by atoms with van der Waals surface area (Å²) in [5.74, 6) is -2.99. The Morgan fingerprint density at radius 3 is 2.62 bits per heavy atom. The van der Waals surface area contributed by atoms with Crippen molar-refractivity contribution in [3.8, 4) is 0 Å². The summed E-state index contributed by atoms with van der Waals surface area (Å²) < 4.78 is 12.8. The van der Waals surface area contributed by atoms with E-state index in [2.05, 4.69) is 25.4 Å². The number of fused-ring (bicyclic) bond motifs is 1. The van der Waals surface area contributed by atoms with Gasteiger partial charge in [-0.1, -0.05) is 55.8 Å². The maximum absolute atomic E-state index is 14.3. The van der Waals surface area contributed by atoms with E-state index in [1.807, 2.05) is 30.3 Å². The highest BCUT2D eigenvalue weighted by atomic mass is 16.6. The van der Waals surface area contributed by atoms with Crippen molar-refractivity contribution >= 4 is 23.7 Å². The summed E-state index contributed by atoms with van der Waals surface area (Å²) in [6, 6.07) is 7.80. The molecule has 1 aromatic carbocycles. The average Bonchev–Trinajstić information content (AvgIpc) is 3.68. The smallest absolute Gasteiger partial charge is 0.313 e. The Bertz CT molecular complexity index is 1220. The predicted molar refractivity (Wildman–Crippen MR) is 170 cm³/mol. The summed E-state index contributed by atoms with van der Waals surface area (Å²) in [5.41, 5.74) is -0.422. The SMILES string of the molecule is C=CCCC(=O)N[C@H](C)[C@@H](OC(=O)[C@@H]1[C@H]2C(=O)N(CCCCO)[C@H](C(=O)N(CC=C)CCCC)[C@]23CC[C@H]1O3)c1ccccc1. The molecule has 246 valence electrons. The number of nitrogens with zero attached hydrogens (tertiary/aromatic N) is 2. The highest BCUT2D eigenvalue weighted by Crippen LogP contribution is 2.59. The van der Waals surface area contributed by atoms with Crippen LogP contribution in [0.25, 0.3) is 0 Å². The lowest BCUT2D eigenvalue weighted by molar-refractivity contribution is -0.162. The zero-order valence-electron chi connectivity index (χ0n) is 26.7. The fraction of sp³-hybridized carbons (Fsp3) is 0.600. The van der Waals surface area contributed by atoms with Crippen LogP contribution < -0.4 is 5.32 Å². The fourth-order valence-corrected chi connectivity index (χ4v) is 7.24. The summed E-state index contributed by atoms with van der Waals surface area (Å²) in [7, 11) is 0. The number of ether oxygens (including phenoxy) is 2. The predicted octanol–water partition coefficient (Wildman–Crippen LogP) is 3.70. The maximum atomic E-state index is 14.3. The fourth-order valence-electron chi connectivity index (χ4n) is 7.24. The molecule has 45 heavy (non-hydrogen) atoms. The highest BCUT2D eigenvalue weighted by molar-refractivity contribution is 5.98. The number of aliphatic hydroxyl groups excluding tert-OH is 1. The molecular weight excluding hydrogens is 574 g/mol. The van der Waals surface area contributed by atoms with Crippen LogP contribution in [0.1, 0.15) is 76.9 Å². The molecule has 1 aromatic rings. The molecule has 3 aliphatic rings. The number of esters is 1. The van der Waals surface area contributed by atoms with Crippen LogP contribution in [-0.2, 0) is 28.7 Å². The number of carbonyl (C=O) groups is 4. The second-order valence-corrected chi connectivity index (χ2v) is 12.4. The van der Waals surface area contributed by atoms with E-state index < -0.39 is 47.7 Å². The standard InChI is InChI=1S/C35H49N3O7/c1-5-8-17-27(40)36-24(4)30(25-15-11-10-12-16-25)44-34(43)28-26-18-19-35(45-26)29(28)32(41)38(22-13-14-23-39)31(35)33(42)37(20-7-3)21-9-6-2/h5,7,10-12,15-16,24,26,28-31,39H,1,3,6,8-9,13-14,17-23H2,2,4H3,(H,36,40)/t24-,26-,28+,29+,30-,31-,35+/m1/s1. The summed E-state index contributed by atoms with van der Waals surface area (Å²) in [6.07, 6.45) is 6.52. The molecule has 0 aliphatic carbocycles. The van der Waals surface area contributed by atoms with Gasteiger partial charge in [-0.2, -0.15) is 0 Å². The molecule has 3 fully saturated rings. The molecule has 7 atom stereocenters. The molecule has 0 aromatic heterocycles. The number of carbonyl (C=O) groups excluding carboxylic acids is 4. The number of benzene rings is 1. The molecule has 1 spiro atoms. The minimum atomic E-state index is -1.14. The van der Waals surface area contributed by atoms with Gasteiger partial charge in [0.1, 0.15) is 17.7 Å². The number of nitrogens with one attached hydrogen (secondary N) is 1. The zero-order valence-corrected chi connectivity index (χ0v) is 26.7. The van der Waals surface area contributed by atoms with Gasteiger partial charge in [0.25, 0.3) is 0 Å². The Labute approximate surface area is 266 Å². The first-order valence-electron chi connectivity index (χ1n) is 16.4. The Kier molecular flexibility index (Phi) is 12.0. The molecular formula is C35H49N3O7. The van der Waals surface area contributed by atoms with Gasteiger partial charge in [0.15, 0.2) is 0 Å². The molecule has 0 radical (unpaired) electrons. The molecule has 0 unspecified atom stereocenters. The number of hydrogen-bond donors (Lipinski definition) is 2. The van der Waals surface area contributed by atoms with Crippen LogP contribution in [0, 0.1) is 11.8 Å². The first kappa shape index (κ1) is 34.4. The van der Waals surface area contributed by atoms with Crippen LogP contribution in [0.2, 0.25) is 0 Å². The van der Waals surface area contributed by atoms with E-state index in [0.29, 0.717) is 50.8 Å². The van der Waals surface area contributed by atoms with Gasteiger partial charge < -0.3 is 29.7 Å². The van der Waals surface area contributed by atoms with E-state index in [1.165, 1.54) is 0 Å². The van der Waals surface area contributed by atoms with Crippen LogP contribution in [0.15, 0.2) is 55.6 Å². The van der Waals surface area contributed by atoms with E-state index >= 15 is 0 Å². The van der Waals surface area contributed by atoms with Crippen LogP contribution in [0.3, 0.4) is 0 Å². The Morgan fingerprint density at radius 2 is 1.96 bits per heavy atom. The number of unbranched alkanes of at least 4 members (excludes halogenated alkanes) is 2. The molecule has 2 N–H and O–H groups in total. The van der Waals surface area contributed by atoms with Gasteiger partial charge in [0, 0.05) is 32.7 Å². The Morgan fingerprint density at radius 1 is 1.20 bits per heavy atom. The van der Waals surface area contributed by atoms with Gasteiger partial charge in [-0.15, -0.1) is 13.2 Å². The number of hydrogen-bond acceptors (Lipinski definition) is 7. The van der Waals surface area contributed by atoms with Crippen LogP contribution in [0.5, 0.6) is 0 Å². The van der Waals surface area contributed by atoms with E-state index in [1.54, 1.807) is 28.9 Å². The van der Waals surface area contributed by atoms with Crippen LogP contribution in [-0.4, -0.2) is 88.6 Å². The third-order valence-corrected chi connectivity index (χ3v) is 9.35. The van der Waals surface area contributed by atoms with Gasteiger partial charge in [0.2, 0.25) is 17.7 Å². The first-order valence-corrected chi connectivity index (χ1v) is 16.4. The first-order chi connectivity index (χ1) is 21.7. The molecule has 3 heterocycles. The molecule has 3 saturated heterocycles. The quantitative estimate of drug-likeness (QED) is 0.145. The summed E-state index contributed by atoms with van der Waals surface area (Å²) in [4.78, 5) is 58.5. The normalized spacial score (nSPS) is 26.2. The second kappa shape index (κ2) is 15.7. The van der Waals surface area contributed by atoms with Gasteiger partial charge in [0.05, 0.1) is 24.0 Å². The van der Waals surface area contributed by atoms with Crippen molar-refractivity contribution < 1.29 is 33.8 Å². The number of amides is 3. The van der Waals surface area contributed by atoms with Crippen molar-refractivity contribution in [1.29, 1.82) is 0 Å². The molecule has 10 nitrogen and oxygen atoms in total.